The Morgan fingerprint density at radius 2 is 1.08 bits per heavy atom. The molecule has 8 N–H and O–H groups in total. The van der Waals surface area contributed by atoms with Crippen LogP contribution in [0.1, 0.15) is 46.5 Å². The summed E-state index contributed by atoms with van der Waals surface area (Å²) in [5.74, 6) is -10.5. The number of carbonyl (C=O) groups is 8. The summed E-state index contributed by atoms with van der Waals surface area (Å²) in [6.07, 6.45) is -2.86. The molecule has 36 heavy (non-hydrogen) atoms. The summed E-state index contributed by atoms with van der Waals surface area (Å²) in [6.45, 7) is 3.97. The lowest BCUT2D eigenvalue weighted by Crippen LogP contribution is -2.59. The van der Waals surface area contributed by atoms with Crippen LogP contribution in [0, 0.1) is 5.92 Å². The van der Waals surface area contributed by atoms with Gasteiger partial charge < -0.3 is 41.7 Å². The Hall–Kier alpha value is -4.24. The zero-order valence-electron chi connectivity index (χ0n) is 19.8. The number of carboxylic acids is 4. The molecule has 0 rings (SSSR count). The third-order valence-electron chi connectivity index (χ3n) is 4.59. The Labute approximate surface area is 204 Å². The van der Waals surface area contributed by atoms with E-state index in [4.69, 9.17) is 20.4 Å². The first-order valence-corrected chi connectivity index (χ1v) is 10.6. The summed E-state index contributed by atoms with van der Waals surface area (Å²) in [7, 11) is 0. The number of carboxylic acid groups (broad SMARTS) is 4. The number of aliphatic carboxylic acids is 4. The molecule has 0 aromatic carbocycles. The molecule has 202 valence electrons. The van der Waals surface area contributed by atoms with Crippen LogP contribution in [-0.4, -0.2) is 92.1 Å². The summed E-state index contributed by atoms with van der Waals surface area (Å²) >= 11 is 0. The predicted molar refractivity (Wildman–Crippen MR) is 117 cm³/mol. The van der Waals surface area contributed by atoms with Crippen molar-refractivity contribution in [1.82, 2.24) is 21.3 Å². The quantitative estimate of drug-likeness (QED) is 0.105. The number of amides is 4. The highest BCUT2D eigenvalue weighted by Gasteiger charge is 2.33. The molecule has 4 amide bonds. The summed E-state index contributed by atoms with van der Waals surface area (Å²) in [5, 5.41) is 44.4. The first-order valence-electron chi connectivity index (χ1n) is 10.6. The fraction of sp³-hybridized carbons (Fsp3) is 0.600. The SMILES string of the molecule is CC(=O)NC(CC(=O)O)C(=O)NC(CCC(=O)O)C(=O)NC(C(=O)NC(CC(=O)O)C(=O)O)C(C)C. The Balaban J connectivity index is 5.74. The smallest absolute Gasteiger partial charge is 0.326 e. The van der Waals surface area contributed by atoms with Gasteiger partial charge in [-0.2, -0.15) is 0 Å². The minimum atomic E-state index is -1.80. The van der Waals surface area contributed by atoms with Crippen LogP contribution in [0.3, 0.4) is 0 Å². The van der Waals surface area contributed by atoms with Gasteiger partial charge in [-0.1, -0.05) is 13.8 Å². The third kappa shape index (κ3) is 12.3. The van der Waals surface area contributed by atoms with Gasteiger partial charge in [0.1, 0.15) is 24.2 Å². The molecule has 0 spiro atoms. The maximum Gasteiger partial charge on any atom is 0.326 e. The van der Waals surface area contributed by atoms with E-state index in [9.17, 15) is 38.4 Å². The van der Waals surface area contributed by atoms with E-state index in [1.54, 1.807) is 0 Å². The van der Waals surface area contributed by atoms with Gasteiger partial charge in [-0.3, -0.25) is 33.6 Å². The second-order valence-electron chi connectivity index (χ2n) is 8.07. The van der Waals surface area contributed by atoms with Gasteiger partial charge >= 0.3 is 23.9 Å². The molecule has 16 heteroatoms. The highest BCUT2D eigenvalue weighted by molar-refractivity contribution is 5.96. The van der Waals surface area contributed by atoms with Gasteiger partial charge in [0.15, 0.2) is 0 Å². The van der Waals surface area contributed by atoms with Crippen LogP contribution < -0.4 is 21.3 Å². The summed E-state index contributed by atoms with van der Waals surface area (Å²) in [5.41, 5.74) is 0. The Morgan fingerprint density at radius 3 is 1.50 bits per heavy atom. The van der Waals surface area contributed by atoms with Crippen molar-refractivity contribution < 1.29 is 58.8 Å². The van der Waals surface area contributed by atoms with Crippen LogP contribution in [0.5, 0.6) is 0 Å². The van der Waals surface area contributed by atoms with Gasteiger partial charge in [0.25, 0.3) is 0 Å². The topological polar surface area (TPSA) is 266 Å². The average molecular weight is 518 g/mol. The maximum absolute atomic E-state index is 12.9. The van der Waals surface area contributed by atoms with Crippen LogP contribution in [0.2, 0.25) is 0 Å². The molecule has 0 aromatic heterocycles. The van der Waals surface area contributed by atoms with Crippen LogP contribution >= 0.6 is 0 Å². The fourth-order valence-corrected chi connectivity index (χ4v) is 2.86. The highest BCUT2D eigenvalue weighted by atomic mass is 16.4. The van der Waals surface area contributed by atoms with E-state index in [0.717, 1.165) is 6.92 Å². The van der Waals surface area contributed by atoms with Crippen molar-refractivity contribution in [2.24, 2.45) is 5.92 Å². The molecule has 0 bridgehead atoms. The standard InChI is InChI=1S/C20H30N4O12/c1-8(2)16(19(34)23-12(20(35)36)7-15(30)31)24-17(32)10(4-5-13(26)27)22-18(33)11(6-14(28)29)21-9(3)25/h8,10-12,16H,4-7H2,1-3H3,(H,21,25)(H,22,33)(H,23,34)(H,24,32)(H,26,27)(H,28,29)(H,30,31)(H,35,36). The van der Waals surface area contributed by atoms with Gasteiger partial charge in [0, 0.05) is 13.3 Å². The second-order valence-corrected chi connectivity index (χ2v) is 8.07. The molecular formula is C20H30N4O12. The molecule has 0 aliphatic heterocycles. The first-order chi connectivity index (χ1) is 16.5. The lowest BCUT2D eigenvalue weighted by molar-refractivity contribution is -0.147. The van der Waals surface area contributed by atoms with Crippen molar-refractivity contribution in [2.75, 3.05) is 0 Å². The fourth-order valence-electron chi connectivity index (χ4n) is 2.86. The van der Waals surface area contributed by atoms with E-state index in [1.807, 2.05) is 5.32 Å². The van der Waals surface area contributed by atoms with E-state index < -0.39 is 103 Å². The molecule has 0 aromatic rings. The number of hydrogen-bond donors (Lipinski definition) is 8. The molecule has 4 unspecified atom stereocenters. The molecular weight excluding hydrogens is 488 g/mol. The van der Waals surface area contributed by atoms with Crippen molar-refractivity contribution in [3.63, 3.8) is 0 Å². The third-order valence-corrected chi connectivity index (χ3v) is 4.59. The molecule has 0 fully saturated rings. The summed E-state index contributed by atoms with van der Waals surface area (Å²) < 4.78 is 0. The van der Waals surface area contributed by atoms with Crippen molar-refractivity contribution in [3.05, 3.63) is 0 Å². The number of nitrogens with one attached hydrogen (secondary N) is 4. The summed E-state index contributed by atoms with van der Waals surface area (Å²) in [4.78, 5) is 93.4. The molecule has 0 radical (unpaired) electrons. The van der Waals surface area contributed by atoms with Crippen molar-refractivity contribution in [1.29, 1.82) is 0 Å². The lowest BCUT2D eigenvalue weighted by Gasteiger charge is -2.27. The van der Waals surface area contributed by atoms with E-state index in [2.05, 4.69) is 16.0 Å². The monoisotopic (exact) mass is 518 g/mol. The predicted octanol–water partition coefficient (Wildman–Crippen LogP) is -2.50. The highest BCUT2D eigenvalue weighted by Crippen LogP contribution is 2.07. The van der Waals surface area contributed by atoms with E-state index in [0.29, 0.717) is 0 Å². The van der Waals surface area contributed by atoms with Crippen LogP contribution in [0.25, 0.3) is 0 Å². The Morgan fingerprint density at radius 1 is 0.611 bits per heavy atom. The second kappa shape index (κ2) is 14.9. The van der Waals surface area contributed by atoms with Crippen LogP contribution in [0.15, 0.2) is 0 Å². The Kier molecular flexibility index (Phi) is 13.1. The van der Waals surface area contributed by atoms with Gasteiger partial charge in [-0.25, -0.2) is 4.79 Å². The van der Waals surface area contributed by atoms with Gasteiger partial charge in [0.05, 0.1) is 12.8 Å². The van der Waals surface area contributed by atoms with Crippen molar-refractivity contribution in [2.45, 2.75) is 70.6 Å². The minimum Gasteiger partial charge on any atom is -0.481 e. The largest absolute Gasteiger partial charge is 0.481 e. The van der Waals surface area contributed by atoms with E-state index in [-0.39, 0.29) is 0 Å². The lowest BCUT2D eigenvalue weighted by atomic mass is 10.0. The van der Waals surface area contributed by atoms with E-state index >= 15 is 0 Å². The van der Waals surface area contributed by atoms with Gasteiger partial charge in [0.2, 0.25) is 23.6 Å². The average Bonchev–Trinajstić information content (AvgIpc) is 2.71. The first kappa shape index (κ1) is 31.8. The van der Waals surface area contributed by atoms with Gasteiger partial charge in [-0.05, 0) is 12.3 Å². The molecule has 0 aliphatic rings. The van der Waals surface area contributed by atoms with E-state index in [1.165, 1.54) is 13.8 Å². The van der Waals surface area contributed by atoms with Crippen LogP contribution in [-0.2, 0) is 38.4 Å². The van der Waals surface area contributed by atoms with Crippen LogP contribution in [0.4, 0.5) is 0 Å². The van der Waals surface area contributed by atoms with Crippen molar-refractivity contribution in [3.8, 4) is 0 Å². The maximum atomic E-state index is 12.9. The molecule has 0 aliphatic carbocycles. The number of rotatable bonds is 16. The Bertz CT molecular complexity index is 872. The number of hydrogen-bond acceptors (Lipinski definition) is 8. The molecule has 4 atom stereocenters. The zero-order chi connectivity index (χ0) is 28.2. The molecule has 16 nitrogen and oxygen atoms in total. The van der Waals surface area contributed by atoms with Crippen molar-refractivity contribution >= 4 is 47.5 Å². The molecule has 0 heterocycles. The molecule has 0 saturated heterocycles. The minimum absolute atomic E-state index is 0.476. The zero-order valence-corrected chi connectivity index (χ0v) is 19.8. The normalized spacial score (nSPS) is 13.9. The summed E-state index contributed by atoms with van der Waals surface area (Å²) in [6, 6.07) is -6.38. The number of carbonyl (C=O) groups excluding carboxylic acids is 4. The molecule has 0 saturated carbocycles. The van der Waals surface area contributed by atoms with Gasteiger partial charge in [-0.15, -0.1) is 0 Å².